The molecular formula is C13H18N4O2. The first-order valence-electron chi connectivity index (χ1n) is 6.24. The van der Waals surface area contributed by atoms with E-state index >= 15 is 0 Å². The van der Waals surface area contributed by atoms with Crippen molar-refractivity contribution in [2.24, 2.45) is 0 Å². The monoisotopic (exact) mass is 262 g/mol. The van der Waals surface area contributed by atoms with Gasteiger partial charge in [-0.2, -0.15) is 0 Å². The molecule has 0 aliphatic rings. The summed E-state index contributed by atoms with van der Waals surface area (Å²) in [5, 5.41) is 17.2. The van der Waals surface area contributed by atoms with Crippen LogP contribution < -0.4 is 0 Å². The first-order chi connectivity index (χ1) is 8.99. The van der Waals surface area contributed by atoms with Crippen LogP contribution in [0.3, 0.4) is 0 Å². The minimum absolute atomic E-state index is 0.0735. The van der Waals surface area contributed by atoms with Crippen molar-refractivity contribution in [1.29, 1.82) is 0 Å². The van der Waals surface area contributed by atoms with E-state index in [-0.39, 0.29) is 5.91 Å². The predicted octanol–water partition coefficient (Wildman–Crippen LogP) is 0.881. The normalized spacial score (nSPS) is 12.6. The van der Waals surface area contributed by atoms with E-state index in [4.69, 9.17) is 0 Å². The standard InChI is InChI=1S/C13H18N4O2/c1-9(18)6-7-16(3)13(19)11-4-5-12-15-14-10(2)17(12)8-11/h4-5,8-9,18H,6-7H2,1-3H3. The fraction of sp³-hybridized carbons (Fsp3) is 0.462. The summed E-state index contributed by atoms with van der Waals surface area (Å²) in [7, 11) is 1.73. The highest BCUT2D eigenvalue weighted by molar-refractivity contribution is 5.94. The van der Waals surface area contributed by atoms with Crippen LogP contribution >= 0.6 is 0 Å². The highest BCUT2D eigenvalue weighted by Gasteiger charge is 2.13. The largest absolute Gasteiger partial charge is 0.393 e. The second kappa shape index (κ2) is 5.36. The Labute approximate surface area is 111 Å². The number of hydrogen-bond acceptors (Lipinski definition) is 4. The number of amides is 1. The second-order valence-corrected chi connectivity index (χ2v) is 4.76. The van der Waals surface area contributed by atoms with Crippen molar-refractivity contribution in [3.8, 4) is 0 Å². The molecule has 0 saturated carbocycles. The third-order valence-electron chi connectivity index (χ3n) is 3.05. The van der Waals surface area contributed by atoms with Gasteiger partial charge in [-0.05, 0) is 32.4 Å². The van der Waals surface area contributed by atoms with Crippen molar-refractivity contribution in [2.75, 3.05) is 13.6 Å². The summed E-state index contributed by atoms with van der Waals surface area (Å²) >= 11 is 0. The lowest BCUT2D eigenvalue weighted by molar-refractivity contribution is 0.0768. The summed E-state index contributed by atoms with van der Waals surface area (Å²) in [5.41, 5.74) is 1.31. The van der Waals surface area contributed by atoms with Gasteiger partial charge < -0.3 is 10.0 Å². The maximum absolute atomic E-state index is 12.2. The number of nitrogens with zero attached hydrogens (tertiary/aromatic N) is 4. The molecule has 6 nitrogen and oxygen atoms in total. The number of aryl methyl sites for hydroxylation is 1. The third kappa shape index (κ3) is 2.90. The summed E-state index contributed by atoms with van der Waals surface area (Å²) in [5.74, 6) is 0.673. The van der Waals surface area contributed by atoms with Crippen molar-refractivity contribution in [1.82, 2.24) is 19.5 Å². The van der Waals surface area contributed by atoms with E-state index in [1.54, 1.807) is 41.6 Å². The van der Waals surface area contributed by atoms with Gasteiger partial charge in [0, 0.05) is 19.8 Å². The van der Waals surface area contributed by atoms with Gasteiger partial charge in [-0.25, -0.2) is 0 Å². The smallest absolute Gasteiger partial charge is 0.255 e. The highest BCUT2D eigenvalue weighted by atomic mass is 16.3. The lowest BCUT2D eigenvalue weighted by Gasteiger charge is -2.18. The molecule has 1 atom stereocenters. The van der Waals surface area contributed by atoms with Crippen LogP contribution in [0, 0.1) is 6.92 Å². The molecule has 1 unspecified atom stereocenters. The van der Waals surface area contributed by atoms with Crippen molar-refractivity contribution in [2.45, 2.75) is 26.4 Å². The molecule has 2 rings (SSSR count). The Morgan fingerprint density at radius 2 is 2.21 bits per heavy atom. The lowest BCUT2D eigenvalue weighted by atomic mass is 10.2. The minimum atomic E-state index is -0.405. The lowest BCUT2D eigenvalue weighted by Crippen LogP contribution is -2.29. The van der Waals surface area contributed by atoms with E-state index in [0.29, 0.717) is 18.5 Å². The summed E-state index contributed by atoms with van der Waals surface area (Å²) < 4.78 is 1.79. The molecule has 0 aromatic carbocycles. The van der Waals surface area contributed by atoms with Crippen LogP contribution in [0.1, 0.15) is 29.5 Å². The molecule has 0 radical (unpaired) electrons. The highest BCUT2D eigenvalue weighted by Crippen LogP contribution is 2.09. The number of carbonyl (C=O) groups is 1. The molecule has 1 amide bonds. The maximum Gasteiger partial charge on any atom is 0.255 e. The molecule has 102 valence electrons. The Bertz CT molecular complexity index is 591. The van der Waals surface area contributed by atoms with Crippen LogP contribution in [0.4, 0.5) is 0 Å². The van der Waals surface area contributed by atoms with Gasteiger partial charge in [-0.15, -0.1) is 10.2 Å². The van der Waals surface area contributed by atoms with E-state index in [0.717, 1.165) is 11.5 Å². The average molecular weight is 262 g/mol. The number of aromatic nitrogens is 3. The van der Waals surface area contributed by atoms with Crippen molar-refractivity contribution < 1.29 is 9.90 Å². The maximum atomic E-state index is 12.2. The zero-order valence-electron chi connectivity index (χ0n) is 11.4. The van der Waals surface area contributed by atoms with Gasteiger partial charge in [-0.1, -0.05) is 0 Å². The van der Waals surface area contributed by atoms with E-state index < -0.39 is 6.10 Å². The Morgan fingerprint density at radius 1 is 1.47 bits per heavy atom. The van der Waals surface area contributed by atoms with Crippen LogP contribution in [0.15, 0.2) is 18.3 Å². The number of aliphatic hydroxyl groups excluding tert-OH is 1. The molecule has 0 fully saturated rings. The molecular weight excluding hydrogens is 244 g/mol. The van der Waals surface area contributed by atoms with Crippen molar-refractivity contribution >= 4 is 11.6 Å². The summed E-state index contributed by atoms with van der Waals surface area (Å²) in [6.45, 7) is 4.08. The summed E-state index contributed by atoms with van der Waals surface area (Å²) in [6.07, 6.45) is 1.90. The number of aliphatic hydroxyl groups is 1. The number of carbonyl (C=O) groups excluding carboxylic acids is 1. The Morgan fingerprint density at radius 3 is 2.89 bits per heavy atom. The van der Waals surface area contributed by atoms with Crippen LogP contribution in [-0.2, 0) is 0 Å². The van der Waals surface area contributed by atoms with Crippen LogP contribution in [-0.4, -0.2) is 50.2 Å². The van der Waals surface area contributed by atoms with Crippen LogP contribution in [0.2, 0.25) is 0 Å². The first kappa shape index (κ1) is 13.5. The van der Waals surface area contributed by atoms with Gasteiger partial charge in [0.05, 0.1) is 11.7 Å². The molecule has 19 heavy (non-hydrogen) atoms. The van der Waals surface area contributed by atoms with Gasteiger partial charge in [0.25, 0.3) is 5.91 Å². The average Bonchev–Trinajstić information content (AvgIpc) is 2.76. The van der Waals surface area contributed by atoms with E-state index in [9.17, 15) is 9.90 Å². The van der Waals surface area contributed by atoms with Crippen molar-refractivity contribution in [3.63, 3.8) is 0 Å². The summed E-state index contributed by atoms with van der Waals surface area (Å²) in [6, 6.07) is 3.51. The fourth-order valence-corrected chi connectivity index (χ4v) is 1.83. The number of fused-ring (bicyclic) bond motifs is 1. The topological polar surface area (TPSA) is 70.7 Å². The third-order valence-corrected chi connectivity index (χ3v) is 3.05. The Kier molecular flexibility index (Phi) is 3.80. The zero-order chi connectivity index (χ0) is 14.0. The number of pyridine rings is 1. The molecule has 0 aliphatic carbocycles. The fourth-order valence-electron chi connectivity index (χ4n) is 1.83. The van der Waals surface area contributed by atoms with Gasteiger partial charge >= 0.3 is 0 Å². The molecule has 2 heterocycles. The number of rotatable bonds is 4. The Hall–Kier alpha value is -1.95. The quantitative estimate of drug-likeness (QED) is 0.888. The molecule has 2 aromatic rings. The van der Waals surface area contributed by atoms with Gasteiger partial charge in [-0.3, -0.25) is 9.20 Å². The predicted molar refractivity (Wildman–Crippen MR) is 71.0 cm³/mol. The number of hydrogen-bond donors (Lipinski definition) is 1. The van der Waals surface area contributed by atoms with Crippen molar-refractivity contribution in [3.05, 3.63) is 29.7 Å². The minimum Gasteiger partial charge on any atom is -0.393 e. The summed E-state index contributed by atoms with van der Waals surface area (Å²) in [4.78, 5) is 13.8. The van der Waals surface area contributed by atoms with Crippen LogP contribution in [0.25, 0.3) is 5.65 Å². The molecule has 6 heteroatoms. The van der Waals surface area contributed by atoms with Gasteiger partial charge in [0.2, 0.25) is 0 Å². The van der Waals surface area contributed by atoms with E-state index in [1.165, 1.54) is 0 Å². The molecule has 0 bridgehead atoms. The molecule has 0 aliphatic heterocycles. The Balaban J connectivity index is 2.18. The van der Waals surface area contributed by atoms with Gasteiger partial charge in [0.1, 0.15) is 5.82 Å². The second-order valence-electron chi connectivity index (χ2n) is 4.76. The first-order valence-corrected chi connectivity index (χ1v) is 6.24. The molecule has 1 N–H and O–H groups in total. The molecule has 0 spiro atoms. The SMILES string of the molecule is Cc1nnc2ccc(C(=O)N(C)CCC(C)O)cn12. The molecule has 0 saturated heterocycles. The van der Waals surface area contributed by atoms with E-state index in [1.807, 2.05) is 6.92 Å². The molecule has 2 aromatic heterocycles. The van der Waals surface area contributed by atoms with Gasteiger partial charge in [0.15, 0.2) is 5.65 Å². The van der Waals surface area contributed by atoms with Crippen LogP contribution in [0.5, 0.6) is 0 Å². The zero-order valence-corrected chi connectivity index (χ0v) is 11.4. The van der Waals surface area contributed by atoms with E-state index in [2.05, 4.69) is 10.2 Å².